The molecule has 7 heteroatoms. The Morgan fingerprint density at radius 2 is 1.74 bits per heavy atom. The van der Waals surface area contributed by atoms with E-state index in [0.717, 1.165) is 16.7 Å². The number of benzene rings is 3. The van der Waals surface area contributed by atoms with Gasteiger partial charge in [-0.15, -0.1) is 0 Å². The van der Waals surface area contributed by atoms with Gasteiger partial charge in [-0.1, -0.05) is 60.2 Å². The molecule has 1 saturated heterocycles. The molecule has 0 saturated carbocycles. The average Bonchev–Trinajstić information content (AvgIpc) is 3.07. The van der Waals surface area contributed by atoms with Crippen LogP contribution in [0, 0.1) is 6.92 Å². The zero-order valence-electron chi connectivity index (χ0n) is 19.0. The van der Waals surface area contributed by atoms with E-state index in [4.69, 9.17) is 9.47 Å². The van der Waals surface area contributed by atoms with Gasteiger partial charge in [0.1, 0.15) is 12.3 Å². The second kappa shape index (κ2) is 10.6. The minimum Gasteiger partial charge on any atom is -0.490 e. The third-order valence-corrected chi connectivity index (χ3v) is 5.84. The fourth-order valence-electron chi connectivity index (χ4n) is 3.68. The molecule has 0 bridgehead atoms. The summed E-state index contributed by atoms with van der Waals surface area (Å²) in [6, 6.07) is 20.8. The Bertz CT molecular complexity index is 1240. The lowest BCUT2D eigenvalue weighted by Gasteiger charge is -2.15. The van der Waals surface area contributed by atoms with Gasteiger partial charge in [0.2, 0.25) is 0 Å². The Balaban J connectivity index is 1.55. The maximum Gasteiger partial charge on any atom is 0.329 e. The summed E-state index contributed by atoms with van der Waals surface area (Å²) < 4.78 is 12.5. The van der Waals surface area contributed by atoms with E-state index in [1.807, 2.05) is 74.5 Å². The lowest BCUT2D eigenvalue weighted by molar-refractivity contribution is -0.123. The largest absolute Gasteiger partial charge is 0.490 e. The summed E-state index contributed by atoms with van der Waals surface area (Å²) in [6.45, 7) is 4.92. The zero-order chi connectivity index (χ0) is 24.1. The van der Waals surface area contributed by atoms with Crippen LogP contribution in [0.25, 0.3) is 6.08 Å². The Morgan fingerprint density at radius 1 is 0.971 bits per heavy atom. The molecule has 3 aromatic rings. The minimum atomic E-state index is -0.440. The number of hydrogen-bond donors (Lipinski definition) is 1. The molecule has 34 heavy (non-hydrogen) atoms. The number of amides is 3. The van der Waals surface area contributed by atoms with Crippen molar-refractivity contribution in [3.8, 4) is 11.5 Å². The van der Waals surface area contributed by atoms with Crippen LogP contribution in [-0.4, -0.2) is 23.4 Å². The van der Waals surface area contributed by atoms with Crippen molar-refractivity contribution in [3.63, 3.8) is 0 Å². The first-order valence-electron chi connectivity index (χ1n) is 11.0. The molecule has 174 valence electrons. The molecule has 3 amide bonds. The fraction of sp³-hybridized carbons (Fsp3) is 0.185. The van der Waals surface area contributed by atoms with E-state index in [1.54, 1.807) is 12.1 Å². The Kier molecular flexibility index (Phi) is 7.33. The molecule has 4 rings (SSSR count). The summed E-state index contributed by atoms with van der Waals surface area (Å²) >= 11 is 3.56. The van der Waals surface area contributed by atoms with Crippen LogP contribution in [0.5, 0.6) is 11.5 Å². The van der Waals surface area contributed by atoms with E-state index in [2.05, 4.69) is 21.2 Å². The molecule has 0 unspecified atom stereocenters. The lowest BCUT2D eigenvalue weighted by Crippen LogP contribution is -2.30. The summed E-state index contributed by atoms with van der Waals surface area (Å²) in [6.07, 6.45) is 1.64. The Labute approximate surface area is 207 Å². The highest BCUT2D eigenvalue weighted by Crippen LogP contribution is 2.38. The number of urea groups is 1. The molecule has 1 N–H and O–H groups in total. The van der Waals surface area contributed by atoms with E-state index in [-0.39, 0.29) is 18.1 Å². The van der Waals surface area contributed by atoms with Gasteiger partial charge >= 0.3 is 6.03 Å². The molecular weight excluding hydrogens is 496 g/mol. The van der Waals surface area contributed by atoms with Crippen LogP contribution >= 0.6 is 15.9 Å². The number of nitrogens with one attached hydrogen (secondary N) is 1. The van der Waals surface area contributed by atoms with Gasteiger partial charge in [-0.3, -0.25) is 9.69 Å². The number of ether oxygens (including phenoxy) is 2. The standard InChI is InChI=1S/C27H25BrN2O4/c1-3-33-24-15-21(13-22(28)25(24)34-17-19-9-5-4-6-10-19)14-23-26(31)30(27(32)29-23)16-20-11-7-8-18(2)12-20/h4-15H,3,16-17H2,1-2H3,(H,29,32)/b23-14+. The summed E-state index contributed by atoms with van der Waals surface area (Å²) in [7, 11) is 0. The molecule has 0 aromatic heterocycles. The molecule has 0 aliphatic carbocycles. The van der Waals surface area contributed by atoms with Crippen LogP contribution in [0.3, 0.4) is 0 Å². The van der Waals surface area contributed by atoms with Crippen molar-refractivity contribution in [3.05, 3.63) is 99.2 Å². The number of nitrogens with zero attached hydrogens (tertiary/aromatic N) is 1. The quantitative estimate of drug-likeness (QED) is 0.299. The summed E-state index contributed by atoms with van der Waals surface area (Å²) in [5, 5.41) is 2.68. The van der Waals surface area contributed by atoms with Crippen molar-refractivity contribution >= 4 is 33.9 Å². The summed E-state index contributed by atoms with van der Waals surface area (Å²) in [5.41, 5.74) is 3.92. The van der Waals surface area contributed by atoms with Gasteiger partial charge in [0, 0.05) is 0 Å². The highest BCUT2D eigenvalue weighted by molar-refractivity contribution is 9.10. The van der Waals surface area contributed by atoms with Crippen molar-refractivity contribution in [2.45, 2.75) is 27.0 Å². The van der Waals surface area contributed by atoms with E-state index in [1.165, 1.54) is 4.90 Å². The Hall–Kier alpha value is -3.58. The third kappa shape index (κ3) is 5.48. The average molecular weight is 521 g/mol. The van der Waals surface area contributed by atoms with Crippen LogP contribution in [0.4, 0.5) is 4.79 Å². The van der Waals surface area contributed by atoms with Crippen LogP contribution in [-0.2, 0) is 17.9 Å². The van der Waals surface area contributed by atoms with E-state index in [9.17, 15) is 9.59 Å². The minimum absolute atomic E-state index is 0.212. The molecule has 1 aliphatic rings. The second-order valence-corrected chi connectivity index (χ2v) is 8.76. The number of imide groups is 1. The molecule has 6 nitrogen and oxygen atoms in total. The SMILES string of the molecule is CCOc1cc(/C=C2/NC(=O)N(Cc3cccc(C)c3)C2=O)cc(Br)c1OCc1ccccc1. The van der Waals surface area contributed by atoms with E-state index >= 15 is 0 Å². The molecule has 1 heterocycles. The highest BCUT2D eigenvalue weighted by atomic mass is 79.9. The molecule has 1 fully saturated rings. The predicted octanol–water partition coefficient (Wildman–Crippen LogP) is 5.83. The van der Waals surface area contributed by atoms with Crippen LogP contribution in [0.15, 0.2) is 76.9 Å². The molecule has 0 radical (unpaired) electrons. The smallest absolute Gasteiger partial charge is 0.329 e. The van der Waals surface area contributed by atoms with Crippen LogP contribution < -0.4 is 14.8 Å². The summed E-state index contributed by atoms with van der Waals surface area (Å²) in [4.78, 5) is 26.6. The number of hydrogen-bond acceptors (Lipinski definition) is 4. The maximum absolute atomic E-state index is 12.9. The van der Waals surface area contributed by atoms with Crippen molar-refractivity contribution < 1.29 is 19.1 Å². The van der Waals surface area contributed by atoms with Gasteiger partial charge in [0.05, 0.1) is 17.6 Å². The number of carbonyl (C=O) groups is 2. The Morgan fingerprint density at radius 3 is 2.47 bits per heavy atom. The van der Waals surface area contributed by atoms with E-state index < -0.39 is 6.03 Å². The van der Waals surface area contributed by atoms with Gasteiger partial charge < -0.3 is 14.8 Å². The molecule has 1 aliphatic heterocycles. The number of halogens is 1. The van der Waals surface area contributed by atoms with Crippen molar-refractivity contribution in [2.24, 2.45) is 0 Å². The van der Waals surface area contributed by atoms with Crippen LogP contribution in [0.2, 0.25) is 0 Å². The molecule has 0 spiro atoms. The number of rotatable bonds is 8. The molecule has 0 atom stereocenters. The predicted molar refractivity (Wildman–Crippen MR) is 134 cm³/mol. The number of carbonyl (C=O) groups excluding carboxylic acids is 2. The fourth-order valence-corrected chi connectivity index (χ4v) is 4.25. The number of aryl methyl sites for hydroxylation is 1. The molecular formula is C27H25BrN2O4. The monoisotopic (exact) mass is 520 g/mol. The van der Waals surface area contributed by atoms with Crippen molar-refractivity contribution in [1.29, 1.82) is 0 Å². The first-order valence-corrected chi connectivity index (χ1v) is 11.8. The van der Waals surface area contributed by atoms with Crippen LogP contribution in [0.1, 0.15) is 29.2 Å². The van der Waals surface area contributed by atoms with Gasteiger partial charge in [0.25, 0.3) is 5.91 Å². The summed E-state index contributed by atoms with van der Waals surface area (Å²) in [5.74, 6) is 0.758. The van der Waals surface area contributed by atoms with Gasteiger partial charge in [-0.05, 0) is 64.7 Å². The topological polar surface area (TPSA) is 67.9 Å². The second-order valence-electron chi connectivity index (χ2n) is 7.91. The maximum atomic E-state index is 12.9. The van der Waals surface area contributed by atoms with Gasteiger partial charge in [0.15, 0.2) is 11.5 Å². The van der Waals surface area contributed by atoms with Gasteiger partial charge in [-0.2, -0.15) is 0 Å². The van der Waals surface area contributed by atoms with E-state index in [0.29, 0.717) is 34.7 Å². The zero-order valence-corrected chi connectivity index (χ0v) is 20.6. The lowest BCUT2D eigenvalue weighted by atomic mass is 10.1. The first kappa shape index (κ1) is 23.6. The highest BCUT2D eigenvalue weighted by Gasteiger charge is 2.33. The van der Waals surface area contributed by atoms with Crippen molar-refractivity contribution in [2.75, 3.05) is 6.61 Å². The molecule has 3 aromatic carbocycles. The first-order chi connectivity index (χ1) is 16.4. The van der Waals surface area contributed by atoms with Crippen molar-refractivity contribution in [1.82, 2.24) is 10.2 Å². The normalized spacial score (nSPS) is 14.4. The van der Waals surface area contributed by atoms with Gasteiger partial charge in [-0.25, -0.2) is 4.79 Å². The third-order valence-electron chi connectivity index (χ3n) is 5.25.